The molecule has 8 heteroatoms. The van der Waals surface area contributed by atoms with Crippen LogP contribution in [0.2, 0.25) is 0 Å². The average Bonchev–Trinajstić information content (AvgIpc) is 2.96. The number of fused-ring (bicyclic) bond motifs is 1. The lowest BCUT2D eigenvalue weighted by atomic mass is 10.2. The average molecular weight is 375 g/mol. The number of thiazole rings is 1. The smallest absolute Gasteiger partial charge is 0.240 e. The van der Waals surface area contributed by atoms with Gasteiger partial charge >= 0.3 is 0 Å². The fraction of sp³-hybridized carbons (Fsp3) is 0.176. The first kappa shape index (κ1) is 17.5. The van der Waals surface area contributed by atoms with Gasteiger partial charge in [0.05, 0.1) is 25.7 Å². The normalized spacial score (nSPS) is 12.8. The molecule has 1 N–H and O–H groups in total. The molecule has 1 heterocycles. The lowest BCUT2D eigenvalue weighted by Crippen LogP contribution is -2.34. The monoisotopic (exact) mass is 375 g/mol. The van der Waals surface area contributed by atoms with Crippen molar-refractivity contribution in [2.24, 2.45) is 0 Å². The maximum Gasteiger partial charge on any atom is 0.240 e. The number of nitrogens with zero attached hydrogens (tertiary/aromatic N) is 2. The summed E-state index contributed by atoms with van der Waals surface area (Å²) in [7, 11) is -3.85. The molecule has 2 aromatic carbocycles. The highest BCUT2D eigenvalue weighted by atomic mass is 32.2. The third-order valence-electron chi connectivity index (χ3n) is 3.54. The summed E-state index contributed by atoms with van der Waals surface area (Å²) in [5.41, 5.74) is 0.580. The summed E-state index contributed by atoms with van der Waals surface area (Å²) >= 11 is 1.52. The Morgan fingerprint density at radius 2 is 2.08 bits per heavy atom. The lowest BCUT2D eigenvalue weighted by molar-refractivity contribution is 0.559. The molecule has 0 amide bonds. The molecule has 0 spiro atoms. The lowest BCUT2D eigenvalue weighted by Gasteiger charge is -2.13. The third-order valence-corrected chi connectivity index (χ3v) is 6.19. The van der Waals surface area contributed by atoms with Crippen molar-refractivity contribution in [3.8, 4) is 6.07 Å². The van der Waals surface area contributed by atoms with Gasteiger partial charge in [0.2, 0.25) is 10.0 Å². The van der Waals surface area contributed by atoms with Crippen molar-refractivity contribution in [2.45, 2.75) is 24.3 Å². The molecular formula is C17H14FN3O2S2. The van der Waals surface area contributed by atoms with E-state index in [9.17, 15) is 12.8 Å². The molecule has 3 aromatic rings. The van der Waals surface area contributed by atoms with E-state index in [0.29, 0.717) is 6.42 Å². The maximum atomic E-state index is 13.4. The van der Waals surface area contributed by atoms with Crippen LogP contribution in [0, 0.1) is 17.1 Å². The molecular weight excluding hydrogens is 361 g/mol. The number of para-hydroxylation sites is 1. The summed E-state index contributed by atoms with van der Waals surface area (Å²) in [6.07, 6.45) is 0.435. The zero-order valence-electron chi connectivity index (χ0n) is 13.2. The first-order valence-electron chi connectivity index (χ1n) is 7.45. The Morgan fingerprint density at radius 3 is 2.80 bits per heavy atom. The third kappa shape index (κ3) is 3.85. The van der Waals surface area contributed by atoms with Crippen molar-refractivity contribution in [1.29, 1.82) is 5.26 Å². The van der Waals surface area contributed by atoms with E-state index in [0.717, 1.165) is 33.4 Å². The van der Waals surface area contributed by atoms with Crippen LogP contribution in [0.5, 0.6) is 0 Å². The van der Waals surface area contributed by atoms with Gasteiger partial charge < -0.3 is 0 Å². The van der Waals surface area contributed by atoms with E-state index in [1.165, 1.54) is 11.3 Å². The number of hydrogen-bond acceptors (Lipinski definition) is 5. The maximum absolute atomic E-state index is 13.4. The Kier molecular flexibility index (Phi) is 4.81. The van der Waals surface area contributed by atoms with Crippen LogP contribution in [0.25, 0.3) is 10.2 Å². The zero-order valence-corrected chi connectivity index (χ0v) is 14.9. The highest BCUT2D eigenvalue weighted by Gasteiger charge is 2.20. The van der Waals surface area contributed by atoms with Crippen molar-refractivity contribution in [3.63, 3.8) is 0 Å². The van der Waals surface area contributed by atoms with E-state index in [2.05, 4.69) is 9.71 Å². The molecule has 0 fully saturated rings. The van der Waals surface area contributed by atoms with Crippen LogP contribution in [-0.4, -0.2) is 19.4 Å². The SMILES string of the molecule is CC(Cc1nc2ccccc2s1)NS(=O)(=O)c1ccc(F)c(C#N)c1. The van der Waals surface area contributed by atoms with Crippen LogP contribution >= 0.6 is 11.3 Å². The van der Waals surface area contributed by atoms with Gasteiger partial charge in [0.25, 0.3) is 0 Å². The van der Waals surface area contributed by atoms with Crippen molar-refractivity contribution in [2.75, 3.05) is 0 Å². The van der Waals surface area contributed by atoms with E-state index in [4.69, 9.17) is 5.26 Å². The summed E-state index contributed by atoms with van der Waals surface area (Å²) in [4.78, 5) is 4.35. The zero-order chi connectivity index (χ0) is 18.0. The van der Waals surface area contributed by atoms with Gasteiger partial charge in [-0.25, -0.2) is 22.5 Å². The topological polar surface area (TPSA) is 82.8 Å². The van der Waals surface area contributed by atoms with Gasteiger partial charge in [0.1, 0.15) is 11.9 Å². The standard InChI is InChI=1S/C17H14FN3O2S2/c1-11(8-17-20-15-4-2-3-5-16(15)24-17)21-25(22,23)13-6-7-14(18)12(9-13)10-19/h2-7,9,11,21H,8H2,1H3. The number of nitriles is 1. The molecule has 1 aromatic heterocycles. The van der Waals surface area contributed by atoms with E-state index in [1.54, 1.807) is 13.0 Å². The number of sulfonamides is 1. The molecule has 3 rings (SSSR count). The summed E-state index contributed by atoms with van der Waals surface area (Å²) in [5, 5.41) is 9.67. The van der Waals surface area contributed by atoms with Gasteiger partial charge in [0.15, 0.2) is 0 Å². The van der Waals surface area contributed by atoms with Crippen LogP contribution < -0.4 is 4.72 Å². The van der Waals surface area contributed by atoms with Gasteiger partial charge in [-0.05, 0) is 37.3 Å². The molecule has 5 nitrogen and oxygen atoms in total. The van der Waals surface area contributed by atoms with Crippen molar-refractivity contribution in [3.05, 3.63) is 58.9 Å². The van der Waals surface area contributed by atoms with Gasteiger partial charge in [-0.1, -0.05) is 12.1 Å². The van der Waals surface area contributed by atoms with Crippen molar-refractivity contribution in [1.82, 2.24) is 9.71 Å². The van der Waals surface area contributed by atoms with Crippen molar-refractivity contribution >= 4 is 31.6 Å². The van der Waals surface area contributed by atoms with E-state index in [1.807, 2.05) is 24.3 Å². The Balaban J connectivity index is 1.77. The van der Waals surface area contributed by atoms with Crippen LogP contribution in [0.3, 0.4) is 0 Å². The molecule has 128 valence electrons. The van der Waals surface area contributed by atoms with Crippen molar-refractivity contribution < 1.29 is 12.8 Å². The second-order valence-electron chi connectivity index (χ2n) is 5.56. The summed E-state index contributed by atoms with van der Waals surface area (Å²) in [5.74, 6) is -0.746. The summed E-state index contributed by atoms with van der Waals surface area (Å²) < 4.78 is 41.8. The Morgan fingerprint density at radius 1 is 1.32 bits per heavy atom. The second kappa shape index (κ2) is 6.88. The molecule has 1 atom stereocenters. The van der Waals surface area contributed by atoms with Gasteiger partial charge in [-0.15, -0.1) is 11.3 Å². The Bertz CT molecular complexity index is 1040. The fourth-order valence-corrected chi connectivity index (χ4v) is 4.77. The number of rotatable bonds is 5. The molecule has 0 aliphatic heterocycles. The second-order valence-corrected chi connectivity index (χ2v) is 8.38. The summed E-state index contributed by atoms with van der Waals surface area (Å²) in [6.45, 7) is 1.73. The largest absolute Gasteiger partial charge is 0.241 e. The minimum absolute atomic E-state index is 0.137. The highest BCUT2D eigenvalue weighted by molar-refractivity contribution is 7.89. The molecule has 0 radical (unpaired) electrons. The van der Waals surface area contributed by atoms with Crippen LogP contribution in [0.4, 0.5) is 4.39 Å². The number of hydrogen-bond donors (Lipinski definition) is 1. The van der Waals surface area contributed by atoms with Crippen LogP contribution in [-0.2, 0) is 16.4 Å². The highest BCUT2D eigenvalue weighted by Crippen LogP contribution is 2.23. The Hall–Kier alpha value is -2.34. The molecule has 0 aliphatic rings. The molecule has 0 aliphatic carbocycles. The molecule has 0 saturated carbocycles. The number of aromatic nitrogens is 1. The van der Waals surface area contributed by atoms with E-state index in [-0.39, 0.29) is 10.5 Å². The van der Waals surface area contributed by atoms with Gasteiger partial charge in [-0.3, -0.25) is 0 Å². The predicted molar refractivity (Wildman–Crippen MR) is 94.2 cm³/mol. The minimum atomic E-state index is -3.85. The van der Waals surface area contributed by atoms with Crippen LogP contribution in [0.1, 0.15) is 17.5 Å². The van der Waals surface area contributed by atoms with Gasteiger partial charge in [0, 0.05) is 12.5 Å². The fourth-order valence-electron chi connectivity index (χ4n) is 2.40. The quantitative estimate of drug-likeness (QED) is 0.742. The predicted octanol–water partition coefficient (Wildman–Crippen LogP) is 3.22. The molecule has 0 bridgehead atoms. The minimum Gasteiger partial charge on any atom is -0.241 e. The molecule has 25 heavy (non-hydrogen) atoms. The number of nitrogens with one attached hydrogen (secondary N) is 1. The number of benzene rings is 2. The van der Waals surface area contributed by atoms with E-state index >= 15 is 0 Å². The first-order chi connectivity index (χ1) is 11.9. The molecule has 1 unspecified atom stereocenters. The molecule has 0 saturated heterocycles. The van der Waals surface area contributed by atoms with Crippen LogP contribution in [0.15, 0.2) is 47.4 Å². The summed E-state index contributed by atoms with van der Waals surface area (Å²) in [6, 6.07) is 12.1. The Labute approximate surface area is 148 Å². The van der Waals surface area contributed by atoms with Gasteiger partial charge in [-0.2, -0.15) is 5.26 Å². The van der Waals surface area contributed by atoms with E-state index < -0.39 is 21.9 Å². The number of halogens is 1. The first-order valence-corrected chi connectivity index (χ1v) is 9.75.